The molecule has 0 heterocycles. The lowest BCUT2D eigenvalue weighted by atomic mass is 10.4. The second-order valence-corrected chi connectivity index (χ2v) is 6.67. The van der Waals surface area contributed by atoms with Crippen LogP contribution in [-0.2, 0) is 13.3 Å². The van der Waals surface area contributed by atoms with E-state index in [1.807, 2.05) is 0 Å². The minimum absolute atomic E-state index is 0.216. The molecule has 0 aliphatic heterocycles. The van der Waals surface area contributed by atoms with Crippen molar-refractivity contribution in [2.45, 2.75) is 12.0 Å². The van der Waals surface area contributed by atoms with Crippen LogP contribution in [-0.4, -0.2) is 41.6 Å². The molecule has 0 rings (SSSR count). The van der Waals surface area contributed by atoms with Gasteiger partial charge in [0.15, 0.2) is 0 Å². The van der Waals surface area contributed by atoms with Crippen LogP contribution < -0.4 is 0 Å². The third kappa shape index (κ3) is 3.45. The van der Waals surface area contributed by atoms with Crippen LogP contribution in [0, 0.1) is 0 Å². The Labute approximate surface area is 92.3 Å². The van der Waals surface area contributed by atoms with Crippen molar-refractivity contribution in [3.05, 3.63) is 0 Å². The van der Waals surface area contributed by atoms with Gasteiger partial charge in [-0.1, -0.05) is 0 Å². The normalized spacial score (nSPS) is 14.5. The van der Waals surface area contributed by atoms with Crippen LogP contribution in [0.3, 0.4) is 0 Å². The van der Waals surface area contributed by atoms with Crippen molar-refractivity contribution in [1.29, 1.82) is 0 Å². The number of hydrogen-bond donors (Lipinski definition) is 2. The molecule has 1 atom stereocenters. The summed E-state index contributed by atoms with van der Waals surface area (Å²) in [4.78, 5) is 0. The van der Waals surface area contributed by atoms with Gasteiger partial charge in [-0.2, -0.15) is 25.3 Å². The van der Waals surface area contributed by atoms with Crippen LogP contribution >= 0.6 is 25.3 Å². The molecule has 0 aromatic heterocycles. The summed E-state index contributed by atoms with van der Waals surface area (Å²) in [5, 5.41) is 0. The largest absolute Gasteiger partial charge is 0.504 e. The molecule has 0 aromatic carbocycles. The monoisotopic (exact) mass is 242 g/mol. The fraction of sp³-hybridized carbons (Fsp3) is 1.00. The number of hydrogen-bond acceptors (Lipinski definition) is 5. The molecule has 0 aliphatic rings. The lowest BCUT2D eigenvalue weighted by Gasteiger charge is -2.31. The lowest BCUT2D eigenvalue weighted by molar-refractivity contribution is 0.113. The Balaban J connectivity index is 4.45. The molecule has 6 heteroatoms. The number of thiol groups is 2. The molecule has 0 fully saturated rings. The third-order valence-corrected chi connectivity index (χ3v) is 6.29. The summed E-state index contributed by atoms with van der Waals surface area (Å²) >= 11 is 8.45. The van der Waals surface area contributed by atoms with Gasteiger partial charge in [0, 0.05) is 26.9 Å². The third-order valence-electron chi connectivity index (χ3n) is 2.05. The summed E-state index contributed by atoms with van der Waals surface area (Å²) < 4.78 is 16.1. The van der Waals surface area contributed by atoms with Gasteiger partial charge in [-0.25, -0.2) is 0 Å². The van der Waals surface area contributed by atoms with Crippen LogP contribution in [0.15, 0.2) is 0 Å². The summed E-state index contributed by atoms with van der Waals surface area (Å²) in [6.45, 7) is 0. The highest BCUT2D eigenvalue weighted by Gasteiger charge is 2.45. The average molecular weight is 242 g/mol. The van der Waals surface area contributed by atoms with E-state index < -0.39 is 8.80 Å². The zero-order valence-corrected chi connectivity index (χ0v) is 11.1. The van der Waals surface area contributed by atoms with E-state index in [4.69, 9.17) is 13.3 Å². The molecule has 0 saturated heterocycles. The van der Waals surface area contributed by atoms with E-state index in [0.717, 1.165) is 12.2 Å². The van der Waals surface area contributed by atoms with E-state index in [-0.39, 0.29) is 5.54 Å². The summed E-state index contributed by atoms with van der Waals surface area (Å²) in [5.74, 6) is 1.48. The first kappa shape index (κ1) is 13.8. The Morgan fingerprint density at radius 1 is 1.08 bits per heavy atom. The highest BCUT2D eigenvalue weighted by molar-refractivity contribution is 7.80. The van der Waals surface area contributed by atoms with Crippen LogP contribution in [0.2, 0.25) is 5.54 Å². The van der Waals surface area contributed by atoms with Crippen LogP contribution in [0.25, 0.3) is 0 Å². The quantitative estimate of drug-likeness (QED) is 0.523. The predicted octanol–water partition coefficient (Wildman–Crippen LogP) is 1.48. The van der Waals surface area contributed by atoms with Crippen LogP contribution in [0.5, 0.6) is 0 Å². The van der Waals surface area contributed by atoms with Gasteiger partial charge < -0.3 is 13.3 Å². The van der Waals surface area contributed by atoms with E-state index in [0.29, 0.717) is 5.75 Å². The molecular weight excluding hydrogens is 224 g/mol. The Kier molecular flexibility index (Phi) is 7.57. The van der Waals surface area contributed by atoms with Crippen molar-refractivity contribution in [1.82, 2.24) is 0 Å². The summed E-state index contributed by atoms with van der Waals surface area (Å²) in [7, 11) is 2.36. The molecule has 0 amide bonds. The zero-order chi connectivity index (χ0) is 10.3. The van der Waals surface area contributed by atoms with Crippen LogP contribution in [0.4, 0.5) is 0 Å². The second kappa shape index (κ2) is 7.14. The van der Waals surface area contributed by atoms with E-state index in [1.54, 1.807) is 21.3 Å². The molecule has 80 valence electrons. The molecule has 0 aromatic rings. The van der Waals surface area contributed by atoms with Gasteiger partial charge in [-0.05, 0) is 17.9 Å². The van der Waals surface area contributed by atoms with E-state index in [2.05, 4.69) is 25.3 Å². The molecule has 0 saturated carbocycles. The Morgan fingerprint density at radius 2 is 1.54 bits per heavy atom. The lowest BCUT2D eigenvalue weighted by Crippen LogP contribution is -2.48. The van der Waals surface area contributed by atoms with Crippen molar-refractivity contribution in [3.63, 3.8) is 0 Å². The van der Waals surface area contributed by atoms with Gasteiger partial charge in [0.05, 0.1) is 0 Å². The molecule has 0 bridgehead atoms. The van der Waals surface area contributed by atoms with Crippen molar-refractivity contribution in [3.8, 4) is 0 Å². The molecule has 3 nitrogen and oxygen atoms in total. The Bertz CT molecular complexity index is 125. The standard InChI is InChI=1S/C7H18O3S2Si/c1-8-13(9-2,10-3)7(6-12)4-5-11/h7,11-12H,4-6H2,1-3H3. The Morgan fingerprint density at radius 3 is 1.77 bits per heavy atom. The van der Waals surface area contributed by atoms with Crippen LogP contribution in [0.1, 0.15) is 6.42 Å². The fourth-order valence-corrected chi connectivity index (χ4v) is 4.92. The smallest absolute Gasteiger partial charge is 0.377 e. The highest BCUT2D eigenvalue weighted by Crippen LogP contribution is 2.28. The second-order valence-electron chi connectivity index (χ2n) is 2.61. The van der Waals surface area contributed by atoms with Crippen molar-refractivity contribution in [2.75, 3.05) is 32.8 Å². The fourth-order valence-electron chi connectivity index (χ4n) is 1.29. The maximum atomic E-state index is 5.35. The van der Waals surface area contributed by atoms with Crippen molar-refractivity contribution in [2.24, 2.45) is 0 Å². The first-order valence-electron chi connectivity index (χ1n) is 4.07. The summed E-state index contributed by atoms with van der Waals surface area (Å²) in [6.07, 6.45) is 0.897. The molecule has 13 heavy (non-hydrogen) atoms. The minimum Gasteiger partial charge on any atom is -0.377 e. The Hall–Kier alpha value is 0.797. The molecule has 1 unspecified atom stereocenters. The first-order chi connectivity index (χ1) is 6.20. The van der Waals surface area contributed by atoms with E-state index in [1.165, 1.54) is 0 Å². The van der Waals surface area contributed by atoms with Gasteiger partial charge >= 0.3 is 8.80 Å². The average Bonchev–Trinajstić information content (AvgIpc) is 2.19. The summed E-state index contributed by atoms with van der Waals surface area (Å²) in [5.41, 5.74) is 0.216. The SMILES string of the molecule is CO[Si](OC)(OC)C(CS)CCS. The van der Waals surface area contributed by atoms with Gasteiger partial charge in [-0.3, -0.25) is 0 Å². The highest BCUT2D eigenvalue weighted by atomic mass is 32.1. The topological polar surface area (TPSA) is 27.7 Å². The minimum atomic E-state index is -2.49. The van der Waals surface area contributed by atoms with Gasteiger partial charge in [0.1, 0.15) is 0 Å². The molecular formula is C7H18O3S2Si. The molecule has 0 radical (unpaired) electrons. The molecule has 0 N–H and O–H groups in total. The van der Waals surface area contributed by atoms with E-state index >= 15 is 0 Å². The van der Waals surface area contributed by atoms with E-state index in [9.17, 15) is 0 Å². The zero-order valence-electron chi connectivity index (χ0n) is 8.32. The van der Waals surface area contributed by atoms with Crippen molar-refractivity contribution < 1.29 is 13.3 Å². The predicted molar refractivity (Wildman–Crippen MR) is 62.9 cm³/mol. The summed E-state index contributed by atoms with van der Waals surface area (Å²) in [6, 6.07) is 0. The van der Waals surface area contributed by atoms with Gasteiger partial charge in [0.2, 0.25) is 0 Å². The van der Waals surface area contributed by atoms with Crippen molar-refractivity contribution >= 4 is 34.1 Å². The maximum Gasteiger partial charge on any atom is 0.504 e. The first-order valence-corrected chi connectivity index (χ1v) is 7.14. The number of rotatable bonds is 7. The maximum absolute atomic E-state index is 5.35. The van der Waals surface area contributed by atoms with Gasteiger partial charge in [-0.15, -0.1) is 0 Å². The molecule has 0 spiro atoms. The van der Waals surface area contributed by atoms with Gasteiger partial charge in [0.25, 0.3) is 0 Å². The molecule has 0 aliphatic carbocycles.